The lowest BCUT2D eigenvalue weighted by Gasteiger charge is -2.33. The first kappa shape index (κ1) is 13.1. The molecule has 2 aromatic rings. The van der Waals surface area contributed by atoms with E-state index in [1.807, 2.05) is 18.2 Å². The van der Waals surface area contributed by atoms with Gasteiger partial charge in [-0.2, -0.15) is 0 Å². The van der Waals surface area contributed by atoms with Crippen LogP contribution in [0, 0.1) is 0 Å². The number of methoxy groups -OCH3 is 2. The highest BCUT2D eigenvalue weighted by Gasteiger charge is 2.33. The Morgan fingerprint density at radius 3 is 2.70 bits per heavy atom. The summed E-state index contributed by atoms with van der Waals surface area (Å²) in [5, 5.41) is 1.11. The van der Waals surface area contributed by atoms with Gasteiger partial charge in [0.2, 0.25) is 0 Å². The maximum absolute atomic E-state index is 5.99. The summed E-state index contributed by atoms with van der Waals surface area (Å²) in [6.45, 7) is 0.914. The molecule has 106 valence electrons. The number of hydrogen-bond donors (Lipinski definition) is 0. The van der Waals surface area contributed by atoms with Crippen LogP contribution in [0.5, 0.6) is 0 Å². The lowest BCUT2D eigenvalue weighted by atomic mass is 10.0. The van der Waals surface area contributed by atoms with E-state index >= 15 is 0 Å². The van der Waals surface area contributed by atoms with E-state index in [0.29, 0.717) is 0 Å². The number of nitrogens with zero attached hydrogens (tertiary/aromatic N) is 1. The number of fused-ring (bicyclic) bond motifs is 1. The number of likely N-dealkylation sites (N-methyl/N-ethyl adjacent to an activating group) is 1. The van der Waals surface area contributed by atoms with Gasteiger partial charge >= 0.3 is 0 Å². The lowest BCUT2D eigenvalue weighted by molar-refractivity contribution is 0.104. The third-order valence-electron chi connectivity index (χ3n) is 3.84. The monoisotopic (exact) mass is 273 g/mol. The first-order valence-corrected chi connectivity index (χ1v) is 6.74. The Morgan fingerprint density at radius 1 is 1.20 bits per heavy atom. The molecule has 0 saturated carbocycles. The van der Waals surface area contributed by atoms with Gasteiger partial charge in [0.25, 0.3) is 0 Å². The van der Waals surface area contributed by atoms with E-state index in [0.717, 1.165) is 41.2 Å². The highest BCUT2D eigenvalue weighted by molar-refractivity contribution is 5.77. The fraction of sp³-hybridized carbons (Fsp3) is 0.375. The van der Waals surface area contributed by atoms with Crippen molar-refractivity contribution in [3.05, 3.63) is 47.6 Å². The maximum atomic E-state index is 5.99. The van der Waals surface area contributed by atoms with Crippen LogP contribution in [-0.4, -0.2) is 32.7 Å². The van der Waals surface area contributed by atoms with E-state index in [4.69, 9.17) is 13.9 Å². The SMILES string of the molecule is COC1=C(OC)C(c2cc3ccccc3o2)N(C)CC1. The number of ether oxygens (including phenoxy) is 2. The molecule has 0 amide bonds. The van der Waals surface area contributed by atoms with Crippen LogP contribution < -0.4 is 0 Å². The van der Waals surface area contributed by atoms with Crippen molar-refractivity contribution in [2.45, 2.75) is 12.5 Å². The van der Waals surface area contributed by atoms with E-state index in [1.165, 1.54) is 0 Å². The summed E-state index contributed by atoms with van der Waals surface area (Å²) < 4.78 is 17.0. The Morgan fingerprint density at radius 2 is 2.00 bits per heavy atom. The van der Waals surface area contributed by atoms with Crippen LogP contribution in [0.3, 0.4) is 0 Å². The second-order valence-electron chi connectivity index (χ2n) is 5.02. The van der Waals surface area contributed by atoms with Crippen molar-refractivity contribution in [1.82, 2.24) is 4.90 Å². The van der Waals surface area contributed by atoms with E-state index in [2.05, 4.69) is 24.1 Å². The molecule has 0 N–H and O–H groups in total. The topological polar surface area (TPSA) is 34.8 Å². The van der Waals surface area contributed by atoms with Crippen LogP contribution in [0.4, 0.5) is 0 Å². The van der Waals surface area contributed by atoms with Crippen molar-refractivity contribution in [2.24, 2.45) is 0 Å². The van der Waals surface area contributed by atoms with Gasteiger partial charge < -0.3 is 13.9 Å². The fourth-order valence-corrected chi connectivity index (χ4v) is 2.79. The molecule has 1 aliphatic heterocycles. The normalized spacial score (nSPS) is 20.4. The summed E-state index contributed by atoms with van der Waals surface area (Å²) >= 11 is 0. The van der Waals surface area contributed by atoms with Gasteiger partial charge in [-0.3, -0.25) is 4.90 Å². The largest absolute Gasteiger partial charge is 0.497 e. The number of benzene rings is 1. The number of furan rings is 1. The summed E-state index contributed by atoms with van der Waals surface area (Å²) in [7, 11) is 5.45. The third kappa shape index (κ3) is 2.06. The van der Waals surface area contributed by atoms with Gasteiger partial charge in [0.05, 0.1) is 14.2 Å². The maximum Gasteiger partial charge on any atom is 0.158 e. The van der Waals surface area contributed by atoms with Crippen LogP contribution >= 0.6 is 0 Å². The number of para-hydroxylation sites is 1. The van der Waals surface area contributed by atoms with Crippen molar-refractivity contribution < 1.29 is 13.9 Å². The summed E-state index contributed by atoms with van der Waals surface area (Å²) in [5.74, 6) is 2.62. The summed E-state index contributed by atoms with van der Waals surface area (Å²) in [6, 6.07) is 10.1. The molecular formula is C16H19NO3. The molecule has 2 heterocycles. The van der Waals surface area contributed by atoms with Gasteiger partial charge in [0, 0.05) is 18.4 Å². The summed E-state index contributed by atoms with van der Waals surface area (Å²) in [4.78, 5) is 2.22. The standard InChI is InChI=1S/C16H19NO3/c1-17-9-8-13(18-2)16(19-3)15(17)14-10-11-6-4-5-7-12(11)20-14/h4-7,10,15H,8-9H2,1-3H3. The average Bonchev–Trinajstić information content (AvgIpc) is 2.90. The molecular weight excluding hydrogens is 254 g/mol. The summed E-state index contributed by atoms with van der Waals surface area (Å²) in [6.07, 6.45) is 0.854. The second kappa shape index (κ2) is 5.21. The molecule has 4 heteroatoms. The lowest BCUT2D eigenvalue weighted by Crippen LogP contribution is -2.32. The molecule has 1 atom stereocenters. The Bertz CT molecular complexity index is 611. The van der Waals surface area contributed by atoms with Gasteiger partial charge in [-0.1, -0.05) is 18.2 Å². The molecule has 1 aliphatic rings. The zero-order valence-corrected chi connectivity index (χ0v) is 12.1. The van der Waals surface area contributed by atoms with E-state index < -0.39 is 0 Å². The molecule has 1 unspecified atom stereocenters. The number of rotatable bonds is 3. The number of hydrogen-bond acceptors (Lipinski definition) is 4. The first-order valence-electron chi connectivity index (χ1n) is 6.74. The molecule has 3 rings (SSSR count). The van der Waals surface area contributed by atoms with Crippen molar-refractivity contribution in [2.75, 3.05) is 27.8 Å². The van der Waals surface area contributed by atoms with Crippen molar-refractivity contribution in [1.29, 1.82) is 0 Å². The van der Waals surface area contributed by atoms with Crippen molar-refractivity contribution in [3.63, 3.8) is 0 Å². The molecule has 0 radical (unpaired) electrons. The predicted molar refractivity (Wildman–Crippen MR) is 77.2 cm³/mol. The van der Waals surface area contributed by atoms with Gasteiger partial charge in [0.15, 0.2) is 5.76 Å². The molecule has 0 fully saturated rings. The molecule has 1 aromatic heterocycles. The third-order valence-corrected chi connectivity index (χ3v) is 3.84. The quantitative estimate of drug-likeness (QED) is 0.859. The highest BCUT2D eigenvalue weighted by atomic mass is 16.5. The van der Waals surface area contributed by atoms with Crippen LogP contribution in [0.2, 0.25) is 0 Å². The first-order chi connectivity index (χ1) is 9.74. The van der Waals surface area contributed by atoms with Crippen molar-refractivity contribution in [3.8, 4) is 0 Å². The molecule has 0 spiro atoms. The van der Waals surface area contributed by atoms with Crippen LogP contribution in [0.25, 0.3) is 11.0 Å². The minimum atomic E-state index is -0.0314. The van der Waals surface area contributed by atoms with Gasteiger partial charge in [-0.25, -0.2) is 0 Å². The second-order valence-corrected chi connectivity index (χ2v) is 5.02. The predicted octanol–water partition coefficient (Wildman–Crippen LogP) is 3.31. The smallest absolute Gasteiger partial charge is 0.158 e. The molecule has 20 heavy (non-hydrogen) atoms. The Balaban J connectivity index is 2.09. The van der Waals surface area contributed by atoms with Crippen molar-refractivity contribution >= 4 is 11.0 Å². The zero-order valence-electron chi connectivity index (χ0n) is 12.1. The Kier molecular flexibility index (Phi) is 3.40. The Labute approximate surface area is 118 Å². The molecule has 0 bridgehead atoms. The van der Waals surface area contributed by atoms with Gasteiger partial charge in [-0.15, -0.1) is 0 Å². The minimum absolute atomic E-state index is 0.0314. The molecule has 1 aromatic carbocycles. The average molecular weight is 273 g/mol. The van der Waals surface area contributed by atoms with E-state index in [-0.39, 0.29) is 6.04 Å². The molecule has 4 nitrogen and oxygen atoms in total. The molecule has 0 aliphatic carbocycles. The van der Waals surface area contributed by atoms with Crippen LogP contribution in [0.1, 0.15) is 18.2 Å². The van der Waals surface area contributed by atoms with Gasteiger partial charge in [-0.05, 0) is 19.2 Å². The highest BCUT2D eigenvalue weighted by Crippen LogP contribution is 2.37. The summed E-state index contributed by atoms with van der Waals surface area (Å²) in [5.41, 5.74) is 0.899. The van der Waals surface area contributed by atoms with E-state index in [9.17, 15) is 0 Å². The fourth-order valence-electron chi connectivity index (χ4n) is 2.79. The van der Waals surface area contributed by atoms with E-state index in [1.54, 1.807) is 14.2 Å². The van der Waals surface area contributed by atoms with Crippen LogP contribution in [0.15, 0.2) is 46.3 Å². The Hall–Kier alpha value is -1.94. The molecule has 0 saturated heterocycles. The zero-order chi connectivity index (χ0) is 14.1. The van der Waals surface area contributed by atoms with Crippen LogP contribution in [-0.2, 0) is 9.47 Å². The minimum Gasteiger partial charge on any atom is -0.497 e. The van der Waals surface area contributed by atoms with Gasteiger partial charge in [0.1, 0.15) is 23.1 Å².